The zero-order chi connectivity index (χ0) is 24.8. The van der Waals surface area contributed by atoms with Crippen LogP contribution in [0.3, 0.4) is 0 Å². The molecule has 2 aromatic heterocycles. The second-order valence-electron chi connectivity index (χ2n) is 7.90. The molecular weight excluding hydrogens is 446 g/mol. The van der Waals surface area contributed by atoms with Crippen molar-refractivity contribution in [3.05, 3.63) is 94.0 Å². The number of ether oxygens (including phenoxy) is 3. The minimum absolute atomic E-state index is 0.103. The maximum atomic E-state index is 13.6. The van der Waals surface area contributed by atoms with E-state index in [1.165, 1.54) is 14.2 Å². The molecule has 0 bridgehead atoms. The summed E-state index contributed by atoms with van der Waals surface area (Å²) in [5.74, 6) is 1.44. The Balaban J connectivity index is 1.71. The molecule has 0 atom stereocenters. The van der Waals surface area contributed by atoms with Crippen molar-refractivity contribution in [1.29, 1.82) is 0 Å². The van der Waals surface area contributed by atoms with Crippen LogP contribution in [0.1, 0.15) is 28.4 Å². The lowest BCUT2D eigenvalue weighted by Crippen LogP contribution is -2.32. The van der Waals surface area contributed by atoms with Crippen LogP contribution in [0.25, 0.3) is 10.9 Å². The van der Waals surface area contributed by atoms with Crippen molar-refractivity contribution in [2.75, 3.05) is 20.8 Å². The SMILES string of the molecule is CCOc1ccc2[nH]c(=O)c(CN(Cc3cccnc3)C(=O)c3ccc(OC)c(OC)c3)cc2c1. The van der Waals surface area contributed by atoms with Crippen molar-refractivity contribution in [2.45, 2.75) is 20.0 Å². The Morgan fingerprint density at radius 1 is 1.00 bits per heavy atom. The Hall–Kier alpha value is -4.33. The standard InChI is InChI=1S/C27H27N3O5/c1-4-35-22-8-9-23-20(13-22)12-21(26(31)29-23)17-30(16-18-6-5-11-28-15-18)27(32)19-7-10-24(33-2)25(14-19)34-3/h5-15H,4,16-17H2,1-3H3,(H,29,31). The zero-order valence-corrected chi connectivity index (χ0v) is 19.9. The first kappa shape index (κ1) is 23.8. The Kier molecular flexibility index (Phi) is 7.30. The number of carbonyl (C=O) groups excluding carboxylic acids is 1. The van der Waals surface area contributed by atoms with Gasteiger partial charge in [-0.05, 0) is 61.0 Å². The number of hydrogen-bond donors (Lipinski definition) is 1. The number of nitrogens with zero attached hydrogens (tertiary/aromatic N) is 2. The third kappa shape index (κ3) is 5.43. The zero-order valence-electron chi connectivity index (χ0n) is 19.9. The first-order valence-corrected chi connectivity index (χ1v) is 11.2. The van der Waals surface area contributed by atoms with Crippen molar-refractivity contribution >= 4 is 16.8 Å². The number of aromatic amines is 1. The van der Waals surface area contributed by atoms with Gasteiger partial charge in [-0.15, -0.1) is 0 Å². The third-order valence-electron chi connectivity index (χ3n) is 5.58. The fourth-order valence-corrected chi connectivity index (χ4v) is 3.87. The predicted octanol–water partition coefficient (Wildman–Crippen LogP) is 4.18. The van der Waals surface area contributed by atoms with Crippen LogP contribution in [0.15, 0.2) is 71.8 Å². The van der Waals surface area contributed by atoms with Gasteiger partial charge in [-0.2, -0.15) is 0 Å². The monoisotopic (exact) mass is 473 g/mol. The quantitative estimate of drug-likeness (QED) is 0.392. The van der Waals surface area contributed by atoms with Crippen molar-refractivity contribution in [3.63, 3.8) is 0 Å². The highest BCUT2D eigenvalue weighted by Gasteiger charge is 2.20. The molecule has 1 amide bonds. The Bertz CT molecular complexity index is 1380. The molecule has 1 N–H and O–H groups in total. The normalized spacial score (nSPS) is 10.7. The van der Waals surface area contributed by atoms with Crippen LogP contribution in [0, 0.1) is 0 Å². The number of nitrogens with one attached hydrogen (secondary N) is 1. The van der Waals surface area contributed by atoms with Crippen LogP contribution in [0.4, 0.5) is 0 Å². The van der Waals surface area contributed by atoms with E-state index in [1.54, 1.807) is 41.6 Å². The molecule has 0 saturated carbocycles. The average Bonchev–Trinajstić information content (AvgIpc) is 2.88. The largest absolute Gasteiger partial charge is 0.494 e. The molecule has 0 spiro atoms. The maximum absolute atomic E-state index is 13.6. The lowest BCUT2D eigenvalue weighted by Gasteiger charge is -2.23. The van der Waals surface area contributed by atoms with E-state index in [1.807, 2.05) is 37.3 Å². The topological polar surface area (TPSA) is 93.8 Å². The first-order chi connectivity index (χ1) is 17.0. The van der Waals surface area contributed by atoms with Gasteiger partial charge in [0.05, 0.1) is 27.4 Å². The van der Waals surface area contributed by atoms with Gasteiger partial charge in [0.25, 0.3) is 11.5 Å². The summed E-state index contributed by atoms with van der Waals surface area (Å²) in [5, 5.41) is 0.824. The van der Waals surface area contributed by atoms with Gasteiger partial charge in [-0.1, -0.05) is 6.07 Å². The molecule has 2 aromatic carbocycles. The van der Waals surface area contributed by atoms with Gasteiger partial charge in [0, 0.05) is 41.0 Å². The number of aromatic nitrogens is 2. The molecule has 0 saturated heterocycles. The smallest absolute Gasteiger partial charge is 0.254 e. The second kappa shape index (κ2) is 10.7. The van der Waals surface area contributed by atoms with E-state index in [0.29, 0.717) is 40.5 Å². The van der Waals surface area contributed by atoms with E-state index in [2.05, 4.69) is 9.97 Å². The summed E-state index contributed by atoms with van der Waals surface area (Å²) >= 11 is 0. The Morgan fingerprint density at radius 2 is 1.83 bits per heavy atom. The van der Waals surface area contributed by atoms with Crippen LogP contribution in [0.5, 0.6) is 17.2 Å². The molecule has 8 nitrogen and oxygen atoms in total. The van der Waals surface area contributed by atoms with E-state index in [9.17, 15) is 9.59 Å². The molecule has 180 valence electrons. The van der Waals surface area contributed by atoms with Gasteiger partial charge in [0.1, 0.15) is 5.75 Å². The van der Waals surface area contributed by atoms with Crippen molar-refractivity contribution in [3.8, 4) is 17.2 Å². The second-order valence-corrected chi connectivity index (χ2v) is 7.90. The summed E-state index contributed by atoms with van der Waals surface area (Å²) in [4.78, 5) is 35.2. The minimum atomic E-state index is -0.252. The number of hydrogen-bond acceptors (Lipinski definition) is 6. The molecule has 0 aliphatic carbocycles. The van der Waals surface area contributed by atoms with Crippen LogP contribution >= 0.6 is 0 Å². The molecule has 0 unspecified atom stereocenters. The van der Waals surface area contributed by atoms with E-state index in [4.69, 9.17) is 14.2 Å². The third-order valence-corrected chi connectivity index (χ3v) is 5.58. The fourth-order valence-electron chi connectivity index (χ4n) is 3.87. The number of benzene rings is 2. The van der Waals surface area contributed by atoms with Crippen LogP contribution in [-0.2, 0) is 13.1 Å². The number of pyridine rings is 2. The van der Waals surface area contributed by atoms with E-state index in [-0.39, 0.29) is 24.6 Å². The molecule has 2 heterocycles. The average molecular weight is 474 g/mol. The fraction of sp³-hybridized carbons (Fsp3) is 0.222. The summed E-state index contributed by atoms with van der Waals surface area (Å²) in [6, 6.07) is 16.0. The van der Waals surface area contributed by atoms with E-state index in [0.717, 1.165) is 10.9 Å². The molecule has 35 heavy (non-hydrogen) atoms. The summed E-state index contributed by atoms with van der Waals surface area (Å²) in [6.45, 7) is 2.84. The van der Waals surface area contributed by atoms with Gasteiger partial charge in [0.15, 0.2) is 11.5 Å². The highest BCUT2D eigenvalue weighted by Crippen LogP contribution is 2.28. The van der Waals surface area contributed by atoms with Crippen molar-refractivity contribution in [2.24, 2.45) is 0 Å². The number of carbonyl (C=O) groups is 1. The number of amides is 1. The number of rotatable bonds is 9. The maximum Gasteiger partial charge on any atom is 0.254 e. The van der Waals surface area contributed by atoms with Gasteiger partial charge in [-0.3, -0.25) is 14.6 Å². The molecule has 4 aromatic rings. The first-order valence-electron chi connectivity index (χ1n) is 11.2. The van der Waals surface area contributed by atoms with Crippen molar-refractivity contribution < 1.29 is 19.0 Å². The summed E-state index contributed by atoms with van der Waals surface area (Å²) < 4.78 is 16.3. The van der Waals surface area contributed by atoms with Gasteiger partial charge in [-0.25, -0.2) is 0 Å². The Morgan fingerprint density at radius 3 is 2.54 bits per heavy atom. The lowest BCUT2D eigenvalue weighted by molar-refractivity contribution is 0.0729. The molecule has 4 rings (SSSR count). The summed E-state index contributed by atoms with van der Waals surface area (Å²) in [6.07, 6.45) is 3.38. The molecular formula is C27H27N3O5. The van der Waals surface area contributed by atoms with Crippen LogP contribution in [0.2, 0.25) is 0 Å². The van der Waals surface area contributed by atoms with Crippen LogP contribution < -0.4 is 19.8 Å². The van der Waals surface area contributed by atoms with E-state index >= 15 is 0 Å². The molecule has 0 radical (unpaired) electrons. The lowest BCUT2D eigenvalue weighted by atomic mass is 10.1. The molecule has 0 fully saturated rings. The highest BCUT2D eigenvalue weighted by molar-refractivity contribution is 5.95. The van der Waals surface area contributed by atoms with Gasteiger partial charge in [0.2, 0.25) is 0 Å². The van der Waals surface area contributed by atoms with Crippen LogP contribution in [-0.4, -0.2) is 41.6 Å². The Labute approximate surface area is 203 Å². The van der Waals surface area contributed by atoms with Crippen molar-refractivity contribution in [1.82, 2.24) is 14.9 Å². The molecule has 0 aliphatic heterocycles. The van der Waals surface area contributed by atoms with Gasteiger partial charge < -0.3 is 24.1 Å². The summed E-state index contributed by atoms with van der Waals surface area (Å²) in [7, 11) is 3.06. The highest BCUT2D eigenvalue weighted by atomic mass is 16.5. The van der Waals surface area contributed by atoms with E-state index < -0.39 is 0 Å². The predicted molar refractivity (Wildman–Crippen MR) is 133 cm³/mol. The number of H-pyrrole nitrogens is 1. The molecule has 8 heteroatoms. The van der Waals surface area contributed by atoms with Gasteiger partial charge >= 0.3 is 0 Å². The number of methoxy groups -OCH3 is 2. The summed E-state index contributed by atoms with van der Waals surface area (Å²) in [5.41, 5.74) is 2.17. The molecule has 0 aliphatic rings. The number of fused-ring (bicyclic) bond motifs is 1. The minimum Gasteiger partial charge on any atom is -0.494 e.